The van der Waals surface area contributed by atoms with Gasteiger partial charge in [0, 0.05) is 24.4 Å². The molecule has 1 amide bonds. The van der Waals surface area contributed by atoms with Crippen molar-refractivity contribution in [1.82, 2.24) is 4.90 Å². The van der Waals surface area contributed by atoms with Crippen molar-refractivity contribution in [3.8, 4) is 5.75 Å². The number of ether oxygens (including phenoxy) is 1. The molecule has 0 unspecified atom stereocenters. The van der Waals surface area contributed by atoms with Crippen LogP contribution in [0.3, 0.4) is 0 Å². The monoisotopic (exact) mass is 396 g/mol. The number of para-hydroxylation sites is 1. The molecule has 0 radical (unpaired) electrons. The topological polar surface area (TPSA) is 51.1 Å². The number of halogens is 1. The van der Waals surface area contributed by atoms with Gasteiger partial charge in [-0.3, -0.25) is 4.79 Å². The Kier molecular flexibility index (Phi) is 5.79. The van der Waals surface area contributed by atoms with E-state index in [0.717, 1.165) is 41.9 Å². The molecule has 1 aliphatic carbocycles. The van der Waals surface area contributed by atoms with Crippen LogP contribution in [0.4, 0.5) is 4.39 Å². The summed E-state index contributed by atoms with van der Waals surface area (Å²) in [4.78, 5) is 20.5. The second-order valence-corrected chi connectivity index (χ2v) is 7.64. The summed E-state index contributed by atoms with van der Waals surface area (Å²) in [5.74, 6) is 0.713. The Bertz CT molecular complexity index is 893. The van der Waals surface area contributed by atoms with Gasteiger partial charge >= 0.3 is 0 Å². The van der Waals surface area contributed by atoms with Gasteiger partial charge < -0.3 is 14.5 Å². The molecule has 0 saturated heterocycles. The maximum atomic E-state index is 13.2. The van der Waals surface area contributed by atoms with E-state index >= 15 is 0 Å². The molecule has 2 aromatic carbocycles. The summed E-state index contributed by atoms with van der Waals surface area (Å²) in [6.07, 6.45) is 3.37. The van der Waals surface area contributed by atoms with E-state index in [0.29, 0.717) is 19.5 Å². The standard InChI is InChI=1S/C23H25FN2O3/c1-28-22-8-3-2-7-20(22)21-13-19(29-25-21)15-26(23(27)17-5-4-6-17)14-16-9-11-18(24)12-10-16/h2-3,7-12,17,19H,4-6,13-15H2,1H3/t19-/m1/s1. The van der Waals surface area contributed by atoms with Crippen LogP contribution in [0.5, 0.6) is 5.75 Å². The van der Waals surface area contributed by atoms with Crippen LogP contribution in [0.2, 0.25) is 0 Å². The Labute approximate surface area is 170 Å². The number of nitrogens with zero attached hydrogens (tertiary/aromatic N) is 2. The lowest BCUT2D eigenvalue weighted by atomic mass is 9.84. The van der Waals surface area contributed by atoms with Gasteiger partial charge in [-0.15, -0.1) is 0 Å². The number of carbonyl (C=O) groups is 1. The Morgan fingerprint density at radius 2 is 1.97 bits per heavy atom. The van der Waals surface area contributed by atoms with Gasteiger partial charge in [0.25, 0.3) is 0 Å². The number of methoxy groups -OCH3 is 1. The van der Waals surface area contributed by atoms with Crippen molar-refractivity contribution in [2.45, 2.75) is 38.3 Å². The lowest BCUT2D eigenvalue weighted by molar-refractivity contribution is -0.140. The highest BCUT2D eigenvalue weighted by Gasteiger charge is 2.33. The first-order chi connectivity index (χ1) is 14.1. The highest BCUT2D eigenvalue weighted by atomic mass is 19.1. The predicted octanol–water partition coefficient (Wildman–Crippen LogP) is 4.16. The zero-order chi connectivity index (χ0) is 20.2. The van der Waals surface area contributed by atoms with Gasteiger partial charge in [0.2, 0.25) is 5.91 Å². The lowest BCUT2D eigenvalue weighted by Crippen LogP contribution is -2.42. The van der Waals surface area contributed by atoms with Crippen LogP contribution in [0.1, 0.15) is 36.8 Å². The van der Waals surface area contributed by atoms with E-state index in [1.807, 2.05) is 29.2 Å². The molecule has 29 heavy (non-hydrogen) atoms. The fourth-order valence-electron chi connectivity index (χ4n) is 3.77. The van der Waals surface area contributed by atoms with Gasteiger partial charge in [-0.2, -0.15) is 0 Å². The third kappa shape index (κ3) is 4.42. The molecule has 2 aliphatic rings. The minimum Gasteiger partial charge on any atom is -0.496 e. The molecule has 5 nitrogen and oxygen atoms in total. The van der Waals surface area contributed by atoms with Crippen molar-refractivity contribution in [2.75, 3.05) is 13.7 Å². The van der Waals surface area contributed by atoms with E-state index in [1.54, 1.807) is 19.2 Å². The minimum absolute atomic E-state index is 0.0893. The Morgan fingerprint density at radius 3 is 2.66 bits per heavy atom. The summed E-state index contributed by atoms with van der Waals surface area (Å²) in [5, 5.41) is 4.26. The highest BCUT2D eigenvalue weighted by Crippen LogP contribution is 2.30. The fourth-order valence-corrected chi connectivity index (χ4v) is 3.77. The van der Waals surface area contributed by atoms with Crippen molar-refractivity contribution in [3.63, 3.8) is 0 Å². The average molecular weight is 396 g/mol. The van der Waals surface area contributed by atoms with Crippen LogP contribution >= 0.6 is 0 Å². The Morgan fingerprint density at radius 1 is 1.21 bits per heavy atom. The molecule has 1 saturated carbocycles. The van der Waals surface area contributed by atoms with Crippen LogP contribution in [0, 0.1) is 11.7 Å². The van der Waals surface area contributed by atoms with Crippen LogP contribution < -0.4 is 4.74 Å². The van der Waals surface area contributed by atoms with E-state index in [-0.39, 0.29) is 23.7 Å². The van der Waals surface area contributed by atoms with Crippen LogP contribution in [0.25, 0.3) is 0 Å². The number of hydrogen-bond acceptors (Lipinski definition) is 4. The SMILES string of the molecule is COc1ccccc1C1=NO[C@@H](CN(Cc2ccc(F)cc2)C(=O)C2CCC2)C1. The zero-order valence-electron chi connectivity index (χ0n) is 16.5. The maximum absolute atomic E-state index is 13.2. The first-order valence-corrected chi connectivity index (χ1v) is 10.0. The smallest absolute Gasteiger partial charge is 0.226 e. The lowest BCUT2D eigenvalue weighted by Gasteiger charge is -2.32. The third-order valence-electron chi connectivity index (χ3n) is 5.63. The summed E-state index contributed by atoms with van der Waals surface area (Å²) in [6, 6.07) is 14.0. The molecule has 0 spiro atoms. The van der Waals surface area contributed by atoms with E-state index in [1.165, 1.54) is 12.1 Å². The molecule has 0 bridgehead atoms. The zero-order valence-corrected chi connectivity index (χ0v) is 16.5. The number of rotatable bonds is 7. The maximum Gasteiger partial charge on any atom is 0.226 e. The first-order valence-electron chi connectivity index (χ1n) is 10.0. The number of oxime groups is 1. The van der Waals surface area contributed by atoms with Crippen molar-refractivity contribution in [2.24, 2.45) is 11.1 Å². The molecular weight excluding hydrogens is 371 g/mol. The summed E-state index contributed by atoms with van der Waals surface area (Å²) >= 11 is 0. The highest BCUT2D eigenvalue weighted by molar-refractivity contribution is 6.03. The van der Waals surface area contributed by atoms with E-state index in [2.05, 4.69) is 5.16 Å². The Hall–Kier alpha value is -2.89. The molecule has 0 N–H and O–H groups in total. The van der Waals surface area contributed by atoms with E-state index in [4.69, 9.17) is 9.57 Å². The Balaban J connectivity index is 1.45. The number of hydrogen-bond donors (Lipinski definition) is 0. The second-order valence-electron chi connectivity index (χ2n) is 7.64. The summed E-state index contributed by atoms with van der Waals surface area (Å²) < 4.78 is 18.7. The minimum atomic E-state index is -0.278. The van der Waals surface area contributed by atoms with Gasteiger partial charge in [-0.25, -0.2) is 4.39 Å². The molecular formula is C23H25FN2O3. The molecule has 4 rings (SSSR count). The van der Waals surface area contributed by atoms with Crippen LogP contribution in [-0.4, -0.2) is 36.3 Å². The van der Waals surface area contributed by atoms with Gasteiger partial charge in [0.1, 0.15) is 11.6 Å². The molecule has 6 heteroatoms. The molecule has 0 aromatic heterocycles. The van der Waals surface area contributed by atoms with Gasteiger partial charge in [0.15, 0.2) is 6.10 Å². The van der Waals surface area contributed by atoms with Gasteiger partial charge in [-0.05, 0) is 42.7 Å². The summed E-state index contributed by atoms with van der Waals surface area (Å²) in [7, 11) is 1.63. The van der Waals surface area contributed by atoms with Crippen LogP contribution in [-0.2, 0) is 16.2 Å². The van der Waals surface area contributed by atoms with Crippen LogP contribution in [0.15, 0.2) is 53.7 Å². The fraction of sp³-hybridized carbons (Fsp3) is 0.391. The van der Waals surface area contributed by atoms with Crippen molar-refractivity contribution >= 4 is 11.6 Å². The molecule has 1 atom stereocenters. The van der Waals surface area contributed by atoms with E-state index in [9.17, 15) is 9.18 Å². The van der Waals surface area contributed by atoms with Gasteiger partial charge in [0.05, 0.1) is 19.4 Å². The van der Waals surface area contributed by atoms with E-state index < -0.39 is 0 Å². The quantitative estimate of drug-likeness (QED) is 0.706. The molecule has 2 aromatic rings. The molecule has 1 fully saturated rings. The van der Waals surface area contributed by atoms with Crippen molar-refractivity contribution in [3.05, 3.63) is 65.5 Å². The number of amides is 1. The molecule has 152 valence electrons. The molecule has 1 heterocycles. The number of benzene rings is 2. The van der Waals surface area contributed by atoms with Gasteiger partial charge in [-0.1, -0.05) is 35.8 Å². The summed E-state index contributed by atoms with van der Waals surface area (Å²) in [6.45, 7) is 0.897. The van der Waals surface area contributed by atoms with Crippen molar-refractivity contribution in [1.29, 1.82) is 0 Å². The first kappa shape index (κ1) is 19.4. The second kappa shape index (κ2) is 8.64. The summed E-state index contributed by atoms with van der Waals surface area (Å²) in [5.41, 5.74) is 2.64. The largest absolute Gasteiger partial charge is 0.496 e. The molecule has 1 aliphatic heterocycles. The van der Waals surface area contributed by atoms with Crippen molar-refractivity contribution < 1.29 is 18.8 Å². The normalized spacial score (nSPS) is 18.6. The average Bonchev–Trinajstić information content (AvgIpc) is 3.16. The number of carbonyl (C=O) groups excluding carboxylic acids is 1. The third-order valence-corrected chi connectivity index (χ3v) is 5.63. The predicted molar refractivity (Wildman–Crippen MR) is 108 cm³/mol.